The van der Waals surface area contributed by atoms with Gasteiger partial charge in [-0.25, -0.2) is 4.98 Å². The lowest BCUT2D eigenvalue weighted by atomic mass is 9.92. The minimum Gasteiger partial charge on any atom is -0.319 e. The molecule has 0 radical (unpaired) electrons. The summed E-state index contributed by atoms with van der Waals surface area (Å²) in [5.41, 5.74) is 8.52. The maximum atomic E-state index is 6.63. The van der Waals surface area contributed by atoms with Crippen LogP contribution < -0.4 is 5.73 Å². The van der Waals surface area contributed by atoms with Crippen LogP contribution in [0.2, 0.25) is 0 Å². The summed E-state index contributed by atoms with van der Waals surface area (Å²) in [5, 5.41) is 7.53. The van der Waals surface area contributed by atoms with E-state index >= 15 is 0 Å². The highest BCUT2D eigenvalue weighted by Gasteiger charge is 2.31. The molecule has 0 unspecified atom stereocenters. The second-order valence-corrected chi connectivity index (χ2v) is 6.55. The summed E-state index contributed by atoms with van der Waals surface area (Å²) in [4.78, 5) is 4.81. The molecule has 5 heteroatoms. The van der Waals surface area contributed by atoms with Gasteiger partial charge in [-0.1, -0.05) is 25.7 Å². The van der Waals surface area contributed by atoms with Crippen LogP contribution >= 0.6 is 11.3 Å². The molecule has 2 N–H and O–H groups in total. The number of hydrogen-bond donors (Lipinski definition) is 1. The van der Waals surface area contributed by atoms with Crippen LogP contribution in [0, 0.1) is 0 Å². The zero-order chi connectivity index (χ0) is 14.0. The van der Waals surface area contributed by atoms with Crippen LogP contribution in [0.25, 0.3) is 11.3 Å². The highest BCUT2D eigenvalue weighted by molar-refractivity contribution is 7.10. The van der Waals surface area contributed by atoms with E-state index < -0.39 is 0 Å². The Labute approximate surface area is 124 Å². The molecule has 1 fully saturated rings. The third-order valence-corrected chi connectivity index (χ3v) is 5.24. The van der Waals surface area contributed by atoms with Gasteiger partial charge in [0.15, 0.2) is 0 Å². The van der Waals surface area contributed by atoms with Gasteiger partial charge >= 0.3 is 0 Å². The average molecular weight is 290 g/mol. The Hall–Kier alpha value is -1.20. The van der Waals surface area contributed by atoms with Crippen molar-refractivity contribution in [3.05, 3.63) is 22.8 Å². The van der Waals surface area contributed by atoms with Gasteiger partial charge in [0.05, 0.1) is 17.4 Å². The van der Waals surface area contributed by atoms with E-state index in [1.807, 2.05) is 10.9 Å². The molecule has 0 atom stereocenters. The van der Waals surface area contributed by atoms with E-state index in [0.717, 1.165) is 35.7 Å². The maximum Gasteiger partial charge on any atom is 0.113 e. The molecule has 108 valence electrons. The van der Waals surface area contributed by atoms with Gasteiger partial charge in [0, 0.05) is 23.7 Å². The molecule has 2 aromatic heterocycles. The maximum absolute atomic E-state index is 6.63. The van der Waals surface area contributed by atoms with Gasteiger partial charge in [0.1, 0.15) is 5.01 Å². The third kappa shape index (κ3) is 2.65. The summed E-state index contributed by atoms with van der Waals surface area (Å²) in [6, 6.07) is 0. The minimum atomic E-state index is -0.208. The van der Waals surface area contributed by atoms with E-state index in [9.17, 15) is 0 Å². The molecule has 2 heterocycles. The van der Waals surface area contributed by atoms with Crippen LogP contribution in [0.1, 0.15) is 50.5 Å². The summed E-state index contributed by atoms with van der Waals surface area (Å²) in [6.07, 6.45) is 11.1. The van der Waals surface area contributed by atoms with Crippen molar-refractivity contribution in [2.75, 3.05) is 0 Å². The van der Waals surface area contributed by atoms with Crippen molar-refractivity contribution < 1.29 is 0 Å². The van der Waals surface area contributed by atoms with Crippen molar-refractivity contribution in [1.29, 1.82) is 0 Å². The second-order valence-electron chi connectivity index (χ2n) is 5.69. The van der Waals surface area contributed by atoms with E-state index in [-0.39, 0.29) is 5.54 Å². The van der Waals surface area contributed by atoms with Gasteiger partial charge in [-0.2, -0.15) is 5.10 Å². The zero-order valence-electron chi connectivity index (χ0n) is 12.0. The topological polar surface area (TPSA) is 56.7 Å². The predicted octanol–water partition coefficient (Wildman–Crippen LogP) is 3.53. The molecule has 0 aliphatic heterocycles. The molecular weight excluding hydrogens is 268 g/mol. The van der Waals surface area contributed by atoms with E-state index in [4.69, 9.17) is 10.7 Å². The molecule has 0 saturated heterocycles. The van der Waals surface area contributed by atoms with Crippen molar-refractivity contribution >= 4 is 11.3 Å². The third-order valence-electron chi connectivity index (χ3n) is 4.18. The average Bonchev–Trinajstić information content (AvgIpc) is 3.06. The van der Waals surface area contributed by atoms with E-state index in [0.29, 0.717) is 0 Å². The highest BCUT2D eigenvalue weighted by atomic mass is 32.1. The number of aryl methyl sites for hydroxylation is 1. The number of hydrogen-bond acceptors (Lipinski definition) is 4. The van der Waals surface area contributed by atoms with Crippen LogP contribution in [0.5, 0.6) is 0 Å². The van der Waals surface area contributed by atoms with Crippen LogP contribution in [0.3, 0.4) is 0 Å². The molecule has 20 heavy (non-hydrogen) atoms. The number of rotatable bonds is 3. The van der Waals surface area contributed by atoms with Gasteiger partial charge in [-0.15, -0.1) is 11.3 Å². The normalized spacial score (nSPS) is 18.9. The van der Waals surface area contributed by atoms with Crippen LogP contribution in [-0.2, 0) is 12.1 Å². The van der Waals surface area contributed by atoms with Crippen molar-refractivity contribution in [3.63, 3.8) is 0 Å². The predicted molar refractivity (Wildman–Crippen MR) is 82.6 cm³/mol. The molecule has 4 nitrogen and oxygen atoms in total. The Morgan fingerprint density at radius 1 is 1.30 bits per heavy atom. The van der Waals surface area contributed by atoms with E-state index in [1.54, 1.807) is 11.3 Å². The van der Waals surface area contributed by atoms with Crippen LogP contribution in [0.15, 0.2) is 17.8 Å². The first kappa shape index (κ1) is 13.8. The molecule has 1 aliphatic carbocycles. The standard InChI is InChI=1S/C15H22N4S/c1-2-19-10-12(9-17-19)13-11-20-14(18-13)15(16)7-5-3-4-6-8-15/h9-11H,2-8,16H2,1H3. The summed E-state index contributed by atoms with van der Waals surface area (Å²) >= 11 is 1.70. The molecule has 0 spiro atoms. The van der Waals surface area contributed by atoms with Gasteiger partial charge in [0.25, 0.3) is 0 Å². The quantitative estimate of drug-likeness (QED) is 0.880. The number of thiazole rings is 1. The molecule has 0 amide bonds. The van der Waals surface area contributed by atoms with Crippen molar-refractivity contribution in [2.45, 2.75) is 57.5 Å². The van der Waals surface area contributed by atoms with Crippen molar-refractivity contribution in [3.8, 4) is 11.3 Å². The fraction of sp³-hybridized carbons (Fsp3) is 0.600. The molecule has 2 aromatic rings. The highest BCUT2D eigenvalue weighted by Crippen LogP contribution is 2.36. The van der Waals surface area contributed by atoms with Gasteiger partial charge in [-0.05, 0) is 19.8 Å². The Morgan fingerprint density at radius 2 is 2.05 bits per heavy atom. The molecule has 0 aromatic carbocycles. The summed E-state index contributed by atoms with van der Waals surface area (Å²) in [6.45, 7) is 2.97. The minimum absolute atomic E-state index is 0.208. The Kier molecular flexibility index (Phi) is 3.89. The molecule has 1 saturated carbocycles. The SMILES string of the molecule is CCn1cc(-c2csc(C3(N)CCCCCC3)n2)cn1. The first-order valence-electron chi connectivity index (χ1n) is 7.49. The van der Waals surface area contributed by atoms with E-state index in [2.05, 4.69) is 23.6 Å². The molecular formula is C15H22N4S. The monoisotopic (exact) mass is 290 g/mol. The van der Waals surface area contributed by atoms with Gasteiger partial charge < -0.3 is 5.73 Å². The Morgan fingerprint density at radius 3 is 2.70 bits per heavy atom. The van der Waals surface area contributed by atoms with Crippen LogP contribution in [0.4, 0.5) is 0 Å². The van der Waals surface area contributed by atoms with Crippen LogP contribution in [-0.4, -0.2) is 14.8 Å². The largest absolute Gasteiger partial charge is 0.319 e. The Bertz CT molecular complexity index is 564. The van der Waals surface area contributed by atoms with Crippen molar-refractivity contribution in [1.82, 2.24) is 14.8 Å². The van der Waals surface area contributed by atoms with Crippen molar-refractivity contribution in [2.24, 2.45) is 5.73 Å². The fourth-order valence-corrected chi connectivity index (χ4v) is 3.88. The summed E-state index contributed by atoms with van der Waals surface area (Å²) < 4.78 is 1.93. The smallest absolute Gasteiger partial charge is 0.113 e. The fourth-order valence-electron chi connectivity index (χ4n) is 2.88. The van der Waals surface area contributed by atoms with Gasteiger partial charge in [-0.3, -0.25) is 4.68 Å². The summed E-state index contributed by atoms with van der Waals surface area (Å²) in [7, 11) is 0. The zero-order valence-corrected chi connectivity index (χ0v) is 12.8. The first-order chi connectivity index (χ1) is 9.71. The lowest BCUT2D eigenvalue weighted by Crippen LogP contribution is -2.35. The molecule has 3 rings (SSSR count). The first-order valence-corrected chi connectivity index (χ1v) is 8.37. The molecule has 0 bridgehead atoms. The molecule has 1 aliphatic rings. The lowest BCUT2D eigenvalue weighted by molar-refractivity contribution is 0.384. The number of nitrogens with zero attached hydrogens (tertiary/aromatic N) is 3. The second kappa shape index (κ2) is 5.66. The Balaban J connectivity index is 1.85. The summed E-state index contributed by atoms with van der Waals surface area (Å²) in [5.74, 6) is 0. The number of aromatic nitrogens is 3. The lowest BCUT2D eigenvalue weighted by Gasteiger charge is -2.25. The number of nitrogens with two attached hydrogens (primary N) is 1. The van der Waals surface area contributed by atoms with Gasteiger partial charge in [0.2, 0.25) is 0 Å². The van der Waals surface area contributed by atoms with E-state index in [1.165, 1.54) is 25.7 Å².